The number of hydrogen-bond acceptors (Lipinski definition) is 3. The highest BCUT2D eigenvalue weighted by molar-refractivity contribution is 5.76. The maximum atomic E-state index is 13.0. The van der Waals surface area contributed by atoms with Crippen LogP contribution in [-0.4, -0.2) is 31.7 Å². The molecule has 0 spiro atoms. The van der Waals surface area contributed by atoms with Crippen LogP contribution < -0.4 is 10.6 Å². The fraction of sp³-hybridized carbons (Fsp3) is 0.500. The average molecular weight is 284 g/mol. The fourth-order valence-corrected chi connectivity index (χ4v) is 2.05. The average Bonchev–Trinajstić information content (AvgIpc) is 2.94. The molecule has 2 rings (SSSR count). The van der Waals surface area contributed by atoms with E-state index in [0.717, 1.165) is 31.6 Å². The van der Waals surface area contributed by atoms with E-state index in [4.69, 9.17) is 4.74 Å². The van der Waals surface area contributed by atoms with Gasteiger partial charge in [0.25, 0.3) is 0 Å². The van der Waals surface area contributed by atoms with Crippen molar-refractivity contribution in [1.29, 1.82) is 0 Å². The molecule has 4 nitrogen and oxygen atoms in total. The highest BCUT2D eigenvalue weighted by Crippen LogP contribution is 2.13. The molecule has 6 heteroatoms. The van der Waals surface area contributed by atoms with Crippen molar-refractivity contribution in [2.45, 2.75) is 25.4 Å². The van der Waals surface area contributed by atoms with Gasteiger partial charge in [-0.3, -0.25) is 4.79 Å². The van der Waals surface area contributed by atoms with E-state index < -0.39 is 11.6 Å². The Morgan fingerprint density at radius 1 is 1.35 bits per heavy atom. The third kappa shape index (κ3) is 4.45. The van der Waals surface area contributed by atoms with Gasteiger partial charge in [0.1, 0.15) is 0 Å². The number of carbonyl (C=O) groups excluding carboxylic acids is 1. The Morgan fingerprint density at radius 3 is 2.90 bits per heavy atom. The van der Waals surface area contributed by atoms with Gasteiger partial charge in [-0.05, 0) is 31.0 Å². The summed E-state index contributed by atoms with van der Waals surface area (Å²) >= 11 is 0. The minimum absolute atomic E-state index is 0.0874. The molecule has 2 N–H and O–H groups in total. The van der Waals surface area contributed by atoms with Gasteiger partial charge >= 0.3 is 0 Å². The summed E-state index contributed by atoms with van der Waals surface area (Å²) in [5, 5.41) is 5.67. The number of hydrogen-bond donors (Lipinski definition) is 2. The highest BCUT2D eigenvalue weighted by Gasteiger charge is 2.15. The van der Waals surface area contributed by atoms with E-state index in [-0.39, 0.29) is 18.4 Å². The molecular weight excluding hydrogens is 266 g/mol. The lowest BCUT2D eigenvalue weighted by Crippen LogP contribution is -2.32. The zero-order chi connectivity index (χ0) is 14.4. The van der Waals surface area contributed by atoms with E-state index in [1.807, 2.05) is 0 Å². The van der Waals surface area contributed by atoms with Crippen LogP contribution in [0.3, 0.4) is 0 Å². The summed E-state index contributed by atoms with van der Waals surface area (Å²) in [6.45, 7) is 1.66. The third-order valence-electron chi connectivity index (χ3n) is 3.15. The zero-order valence-electron chi connectivity index (χ0n) is 11.1. The topological polar surface area (TPSA) is 50.4 Å². The first-order chi connectivity index (χ1) is 9.65. The lowest BCUT2D eigenvalue weighted by Gasteiger charge is -2.11. The maximum Gasteiger partial charge on any atom is 0.221 e. The van der Waals surface area contributed by atoms with E-state index in [1.165, 1.54) is 6.07 Å². The number of ether oxygens (including phenoxy) is 1. The normalized spacial score (nSPS) is 18.0. The van der Waals surface area contributed by atoms with Gasteiger partial charge in [-0.2, -0.15) is 0 Å². The summed E-state index contributed by atoms with van der Waals surface area (Å²) in [4.78, 5) is 11.6. The molecule has 1 aliphatic rings. The summed E-state index contributed by atoms with van der Waals surface area (Å²) in [6, 6.07) is 3.55. The van der Waals surface area contributed by atoms with Crippen molar-refractivity contribution in [2.24, 2.45) is 0 Å². The number of rotatable bonds is 6. The second kappa shape index (κ2) is 7.19. The second-order valence-corrected chi connectivity index (χ2v) is 4.74. The van der Waals surface area contributed by atoms with Crippen LogP contribution >= 0.6 is 0 Å². The van der Waals surface area contributed by atoms with E-state index >= 15 is 0 Å². The Balaban J connectivity index is 1.64. The molecule has 1 aliphatic heterocycles. The van der Waals surface area contributed by atoms with E-state index in [9.17, 15) is 13.6 Å². The van der Waals surface area contributed by atoms with Crippen molar-refractivity contribution in [1.82, 2.24) is 5.32 Å². The number of halogens is 2. The van der Waals surface area contributed by atoms with Crippen molar-refractivity contribution < 1.29 is 18.3 Å². The van der Waals surface area contributed by atoms with Crippen LogP contribution in [0.15, 0.2) is 18.2 Å². The molecular formula is C14H18F2N2O2. The molecule has 0 aromatic heterocycles. The van der Waals surface area contributed by atoms with Crippen molar-refractivity contribution >= 4 is 11.6 Å². The quantitative estimate of drug-likeness (QED) is 0.840. The van der Waals surface area contributed by atoms with Crippen molar-refractivity contribution in [3.63, 3.8) is 0 Å². The van der Waals surface area contributed by atoms with Crippen LogP contribution in [0.1, 0.15) is 19.3 Å². The molecule has 1 aromatic rings. The largest absolute Gasteiger partial charge is 0.384 e. The zero-order valence-corrected chi connectivity index (χ0v) is 11.1. The van der Waals surface area contributed by atoms with E-state index in [2.05, 4.69) is 10.6 Å². The van der Waals surface area contributed by atoms with Crippen LogP contribution in [0, 0.1) is 11.6 Å². The van der Waals surface area contributed by atoms with Crippen LogP contribution in [0.5, 0.6) is 0 Å². The number of anilines is 1. The van der Waals surface area contributed by atoms with Gasteiger partial charge in [0.15, 0.2) is 11.6 Å². The molecule has 0 aliphatic carbocycles. The Kier molecular flexibility index (Phi) is 5.29. The molecule has 1 heterocycles. The SMILES string of the molecule is O=C(CCNc1ccc(F)c(F)c1)NCC1CCCO1. The van der Waals surface area contributed by atoms with Crippen molar-refractivity contribution in [3.05, 3.63) is 29.8 Å². The number of amides is 1. The predicted molar refractivity (Wildman–Crippen MR) is 71.4 cm³/mol. The molecule has 0 radical (unpaired) electrons. The van der Waals surface area contributed by atoms with E-state index in [1.54, 1.807) is 0 Å². The highest BCUT2D eigenvalue weighted by atomic mass is 19.2. The molecule has 1 saturated heterocycles. The van der Waals surface area contributed by atoms with Crippen LogP contribution in [-0.2, 0) is 9.53 Å². The van der Waals surface area contributed by atoms with E-state index in [0.29, 0.717) is 18.8 Å². The number of nitrogens with one attached hydrogen (secondary N) is 2. The molecule has 1 atom stereocenters. The van der Waals surface area contributed by atoms with Gasteiger partial charge in [-0.15, -0.1) is 0 Å². The minimum atomic E-state index is -0.905. The van der Waals surface area contributed by atoms with Gasteiger partial charge in [0.2, 0.25) is 5.91 Å². The molecule has 0 saturated carbocycles. The van der Waals surface area contributed by atoms with Gasteiger partial charge in [-0.25, -0.2) is 8.78 Å². The minimum Gasteiger partial charge on any atom is -0.384 e. The number of carbonyl (C=O) groups is 1. The predicted octanol–water partition coefficient (Wildman–Crippen LogP) is 2.06. The molecule has 20 heavy (non-hydrogen) atoms. The first kappa shape index (κ1) is 14.7. The maximum absolute atomic E-state index is 13.0. The summed E-state index contributed by atoms with van der Waals surface area (Å²) in [5.74, 6) is -1.88. The molecule has 110 valence electrons. The Morgan fingerprint density at radius 2 is 2.20 bits per heavy atom. The first-order valence-corrected chi connectivity index (χ1v) is 6.72. The first-order valence-electron chi connectivity index (χ1n) is 6.72. The second-order valence-electron chi connectivity index (χ2n) is 4.74. The summed E-state index contributed by atoms with van der Waals surface area (Å²) in [5.41, 5.74) is 0.454. The smallest absolute Gasteiger partial charge is 0.221 e. The fourth-order valence-electron chi connectivity index (χ4n) is 2.05. The molecule has 1 fully saturated rings. The Bertz CT molecular complexity index is 462. The van der Waals surface area contributed by atoms with Crippen LogP contribution in [0.4, 0.5) is 14.5 Å². The lowest BCUT2D eigenvalue weighted by molar-refractivity contribution is -0.121. The standard InChI is InChI=1S/C14H18F2N2O2/c15-12-4-3-10(8-13(12)16)17-6-5-14(19)18-9-11-2-1-7-20-11/h3-4,8,11,17H,1-2,5-7,9H2,(H,18,19). The van der Waals surface area contributed by atoms with Crippen molar-refractivity contribution in [2.75, 3.05) is 25.0 Å². The van der Waals surface area contributed by atoms with Crippen molar-refractivity contribution in [3.8, 4) is 0 Å². The lowest BCUT2D eigenvalue weighted by atomic mass is 10.2. The molecule has 0 bridgehead atoms. The Hall–Kier alpha value is -1.69. The number of benzene rings is 1. The Labute approximate surface area is 116 Å². The summed E-state index contributed by atoms with van der Waals surface area (Å²) in [7, 11) is 0. The molecule has 1 aromatic carbocycles. The van der Waals surface area contributed by atoms with Gasteiger partial charge < -0.3 is 15.4 Å². The third-order valence-corrected chi connectivity index (χ3v) is 3.15. The monoisotopic (exact) mass is 284 g/mol. The van der Waals surface area contributed by atoms with Crippen LogP contribution in [0.2, 0.25) is 0 Å². The van der Waals surface area contributed by atoms with Gasteiger partial charge in [-0.1, -0.05) is 0 Å². The van der Waals surface area contributed by atoms with Gasteiger partial charge in [0.05, 0.1) is 6.10 Å². The van der Waals surface area contributed by atoms with Gasteiger partial charge in [0, 0.05) is 31.8 Å². The molecule has 1 amide bonds. The summed E-state index contributed by atoms with van der Waals surface area (Å²) < 4.78 is 31.1. The summed E-state index contributed by atoms with van der Waals surface area (Å²) in [6.07, 6.45) is 2.41. The molecule has 1 unspecified atom stereocenters. The van der Waals surface area contributed by atoms with Crippen LogP contribution in [0.25, 0.3) is 0 Å².